The maximum Gasteiger partial charge on any atom is 0.407 e. The van der Waals surface area contributed by atoms with Gasteiger partial charge in [0.15, 0.2) is 0 Å². The Kier molecular flexibility index (Phi) is 7.00. The number of rotatable bonds is 5. The molecule has 5 heteroatoms. The number of amides is 1. The zero-order valence-electron chi connectivity index (χ0n) is 12.7. The van der Waals surface area contributed by atoms with Crippen molar-refractivity contribution in [1.82, 2.24) is 10.2 Å². The molecule has 1 amide bonds. The van der Waals surface area contributed by atoms with Crippen LogP contribution >= 0.6 is 11.8 Å². The Balaban J connectivity index is 2.17. The van der Waals surface area contributed by atoms with Crippen LogP contribution in [0.4, 0.5) is 4.79 Å². The third-order valence-electron chi connectivity index (χ3n) is 3.06. The van der Waals surface area contributed by atoms with Gasteiger partial charge in [0.25, 0.3) is 0 Å². The van der Waals surface area contributed by atoms with Crippen LogP contribution in [-0.2, 0) is 4.74 Å². The number of alkyl carbamates (subject to hydrolysis) is 1. The number of hydrogen-bond acceptors (Lipinski definition) is 4. The number of ether oxygens (including phenoxy) is 1. The summed E-state index contributed by atoms with van der Waals surface area (Å²) in [6.07, 6.45) is 1.76. The van der Waals surface area contributed by atoms with Crippen molar-refractivity contribution in [2.24, 2.45) is 0 Å². The van der Waals surface area contributed by atoms with Crippen LogP contribution in [0.5, 0.6) is 0 Å². The molecular formula is C14H28N2O2S. The molecule has 0 saturated carbocycles. The Labute approximate surface area is 121 Å². The van der Waals surface area contributed by atoms with Gasteiger partial charge in [0.2, 0.25) is 0 Å². The van der Waals surface area contributed by atoms with Crippen molar-refractivity contribution in [3.8, 4) is 0 Å². The molecule has 1 rings (SSSR count). The highest BCUT2D eigenvalue weighted by molar-refractivity contribution is 7.99. The second-order valence-electron chi connectivity index (χ2n) is 5.96. The predicted octanol–water partition coefficient (Wildman–Crippen LogP) is 2.73. The Hall–Kier alpha value is -0.420. The molecule has 0 atom stereocenters. The topological polar surface area (TPSA) is 41.6 Å². The number of carbonyl (C=O) groups is 1. The third-order valence-corrected chi connectivity index (χ3v) is 3.94. The largest absolute Gasteiger partial charge is 0.444 e. The van der Waals surface area contributed by atoms with Gasteiger partial charge in [0.1, 0.15) is 5.60 Å². The first kappa shape index (κ1) is 16.6. The molecule has 0 aromatic heterocycles. The van der Waals surface area contributed by atoms with Crippen molar-refractivity contribution in [2.75, 3.05) is 31.1 Å². The molecule has 1 heterocycles. The van der Waals surface area contributed by atoms with E-state index in [2.05, 4.69) is 17.1 Å². The lowest BCUT2D eigenvalue weighted by Gasteiger charge is -2.32. The van der Waals surface area contributed by atoms with Gasteiger partial charge >= 0.3 is 6.09 Å². The zero-order valence-corrected chi connectivity index (χ0v) is 13.5. The smallest absolute Gasteiger partial charge is 0.407 e. The van der Waals surface area contributed by atoms with Crippen LogP contribution in [0.15, 0.2) is 0 Å². The van der Waals surface area contributed by atoms with Crippen molar-refractivity contribution in [3.05, 3.63) is 0 Å². The number of piperidine rings is 1. The Morgan fingerprint density at radius 2 is 2.00 bits per heavy atom. The first-order valence-corrected chi connectivity index (χ1v) is 8.36. The number of nitrogens with one attached hydrogen (secondary N) is 1. The summed E-state index contributed by atoms with van der Waals surface area (Å²) in [5.41, 5.74) is -0.415. The van der Waals surface area contributed by atoms with E-state index in [1.54, 1.807) is 0 Å². The van der Waals surface area contributed by atoms with Crippen molar-refractivity contribution >= 4 is 17.9 Å². The SMILES string of the molecule is CCSCCN1CCC(NC(=O)OC(C)(C)C)CC1. The Bertz CT molecular complexity index is 271. The van der Waals surface area contributed by atoms with Crippen LogP contribution in [0.2, 0.25) is 0 Å². The highest BCUT2D eigenvalue weighted by atomic mass is 32.2. The summed E-state index contributed by atoms with van der Waals surface area (Å²) in [7, 11) is 0. The molecule has 112 valence electrons. The van der Waals surface area contributed by atoms with Crippen LogP contribution in [0, 0.1) is 0 Å². The van der Waals surface area contributed by atoms with Gasteiger partial charge in [-0.25, -0.2) is 4.79 Å². The summed E-state index contributed by atoms with van der Waals surface area (Å²) in [6, 6.07) is 0.268. The molecule has 4 nitrogen and oxygen atoms in total. The molecule has 19 heavy (non-hydrogen) atoms. The molecule has 0 aromatic rings. The van der Waals surface area contributed by atoms with Gasteiger partial charge in [-0.1, -0.05) is 6.92 Å². The van der Waals surface area contributed by atoms with E-state index < -0.39 is 5.60 Å². The van der Waals surface area contributed by atoms with Gasteiger partial charge in [-0.2, -0.15) is 11.8 Å². The summed E-state index contributed by atoms with van der Waals surface area (Å²) >= 11 is 1.99. The summed E-state index contributed by atoms with van der Waals surface area (Å²) in [5, 5.41) is 2.97. The molecule has 1 saturated heterocycles. The number of nitrogens with zero attached hydrogens (tertiary/aromatic N) is 1. The summed E-state index contributed by atoms with van der Waals surface area (Å²) in [5.74, 6) is 2.40. The monoisotopic (exact) mass is 288 g/mol. The minimum Gasteiger partial charge on any atom is -0.444 e. The van der Waals surface area contributed by atoms with Crippen LogP contribution in [0.25, 0.3) is 0 Å². The second kappa shape index (κ2) is 8.00. The van der Waals surface area contributed by atoms with Gasteiger partial charge in [0.05, 0.1) is 0 Å². The number of likely N-dealkylation sites (tertiary alicyclic amines) is 1. The molecule has 1 N–H and O–H groups in total. The maximum atomic E-state index is 11.7. The molecule has 0 spiro atoms. The van der Waals surface area contributed by atoms with Crippen LogP contribution in [-0.4, -0.2) is 53.8 Å². The lowest BCUT2D eigenvalue weighted by Crippen LogP contribution is -2.46. The molecular weight excluding hydrogens is 260 g/mol. The Morgan fingerprint density at radius 3 is 2.53 bits per heavy atom. The quantitative estimate of drug-likeness (QED) is 0.790. The fourth-order valence-electron chi connectivity index (χ4n) is 2.11. The Morgan fingerprint density at radius 1 is 1.37 bits per heavy atom. The van der Waals surface area contributed by atoms with E-state index in [9.17, 15) is 4.79 Å². The molecule has 1 fully saturated rings. The first-order valence-electron chi connectivity index (χ1n) is 7.20. The van der Waals surface area contributed by atoms with E-state index in [0.717, 1.165) is 32.5 Å². The minimum atomic E-state index is -0.415. The molecule has 0 radical (unpaired) electrons. The predicted molar refractivity (Wildman–Crippen MR) is 81.8 cm³/mol. The molecule has 0 aromatic carbocycles. The highest BCUT2D eigenvalue weighted by Crippen LogP contribution is 2.13. The van der Waals surface area contributed by atoms with Crippen molar-refractivity contribution in [3.63, 3.8) is 0 Å². The third kappa shape index (κ3) is 7.67. The fourth-order valence-corrected chi connectivity index (χ4v) is 2.79. The number of thioether (sulfide) groups is 1. The first-order chi connectivity index (χ1) is 8.90. The van der Waals surface area contributed by atoms with Crippen molar-refractivity contribution in [1.29, 1.82) is 0 Å². The number of carbonyl (C=O) groups excluding carboxylic acids is 1. The van der Waals surface area contributed by atoms with Crippen molar-refractivity contribution < 1.29 is 9.53 Å². The van der Waals surface area contributed by atoms with Crippen LogP contribution < -0.4 is 5.32 Å². The van der Waals surface area contributed by atoms with E-state index in [1.807, 2.05) is 32.5 Å². The molecule has 1 aliphatic rings. The lowest BCUT2D eigenvalue weighted by molar-refractivity contribution is 0.0480. The van der Waals surface area contributed by atoms with Gasteiger partial charge in [0, 0.05) is 31.4 Å². The molecule has 0 aliphatic carbocycles. The van der Waals surface area contributed by atoms with E-state index in [-0.39, 0.29) is 12.1 Å². The van der Waals surface area contributed by atoms with Gasteiger partial charge in [-0.15, -0.1) is 0 Å². The zero-order chi connectivity index (χ0) is 14.3. The van der Waals surface area contributed by atoms with Crippen LogP contribution in [0.1, 0.15) is 40.5 Å². The average molecular weight is 288 g/mol. The van der Waals surface area contributed by atoms with E-state index >= 15 is 0 Å². The van der Waals surface area contributed by atoms with E-state index in [4.69, 9.17) is 4.74 Å². The standard InChI is InChI=1S/C14H28N2O2S/c1-5-19-11-10-16-8-6-12(7-9-16)15-13(17)18-14(2,3)4/h12H,5-11H2,1-4H3,(H,15,17). The van der Waals surface area contributed by atoms with Crippen molar-refractivity contribution in [2.45, 2.75) is 52.2 Å². The van der Waals surface area contributed by atoms with E-state index in [0.29, 0.717) is 0 Å². The summed E-state index contributed by atoms with van der Waals surface area (Å²) in [6.45, 7) is 11.2. The maximum absolute atomic E-state index is 11.7. The van der Waals surface area contributed by atoms with Gasteiger partial charge < -0.3 is 15.0 Å². The van der Waals surface area contributed by atoms with Gasteiger partial charge in [-0.05, 0) is 39.4 Å². The van der Waals surface area contributed by atoms with Gasteiger partial charge in [-0.3, -0.25) is 0 Å². The molecule has 0 bridgehead atoms. The van der Waals surface area contributed by atoms with E-state index in [1.165, 1.54) is 11.5 Å². The normalized spacial score (nSPS) is 18.3. The summed E-state index contributed by atoms with van der Waals surface area (Å²) in [4.78, 5) is 14.2. The number of hydrogen-bond donors (Lipinski definition) is 1. The highest BCUT2D eigenvalue weighted by Gasteiger charge is 2.23. The minimum absolute atomic E-state index is 0.268. The summed E-state index contributed by atoms with van der Waals surface area (Å²) < 4.78 is 5.28. The molecule has 0 unspecified atom stereocenters. The lowest BCUT2D eigenvalue weighted by atomic mass is 10.1. The van der Waals surface area contributed by atoms with Crippen LogP contribution in [0.3, 0.4) is 0 Å². The average Bonchev–Trinajstić information content (AvgIpc) is 2.29. The second-order valence-corrected chi connectivity index (χ2v) is 7.35. The fraction of sp³-hybridized carbons (Fsp3) is 0.929. The molecule has 1 aliphatic heterocycles.